The van der Waals surface area contributed by atoms with Gasteiger partial charge in [0, 0.05) is 45.1 Å². The molecule has 1 N–H and O–H groups in total. The van der Waals surface area contributed by atoms with Crippen LogP contribution in [0.25, 0.3) is 0 Å². The van der Waals surface area contributed by atoms with E-state index in [1.807, 2.05) is 61.5 Å². The minimum absolute atomic E-state index is 0.236. The van der Waals surface area contributed by atoms with Crippen LogP contribution in [0.5, 0.6) is 11.5 Å². The van der Waals surface area contributed by atoms with Gasteiger partial charge in [-0.3, -0.25) is 0 Å². The number of methoxy groups -OCH3 is 1. The van der Waals surface area contributed by atoms with Crippen molar-refractivity contribution in [2.75, 3.05) is 45.3 Å². The number of para-hydroxylation sites is 1. The largest absolute Gasteiger partial charge is 0.457 e. The number of nitrogens with one attached hydrogen (secondary N) is 1. The molecule has 7 nitrogen and oxygen atoms in total. The van der Waals surface area contributed by atoms with Crippen molar-refractivity contribution in [3.63, 3.8) is 0 Å². The summed E-state index contributed by atoms with van der Waals surface area (Å²) in [5, 5.41) is 4.05. The Labute approximate surface area is 201 Å². The average molecular weight is 472 g/mol. The first-order valence-corrected chi connectivity index (χ1v) is 11.8. The molecule has 1 heterocycles. The molecule has 0 radical (unpaired) electrons. The van der Waals surface area contributed by atoms with E-state index in [0.29, 0.717) is 31.4 Å². The summed E-state index contributed by atoms with van der Waals surface area (Å²) in [6.45, 7) is 5.01. The normalized spacial score (nSPS) is 13.9. The number of likely N-dealkylation sites (tertiary alicyclic amines) is 1. The van der Waals surface area contributed by atoms with Crippen LogP contribution in [0.15, 0.2) is 54.6 Å². The first kappa shape index (κ1) is 24.8. The first-order valence-electron chi connectivity index (χ1n) is 11.4. The first-order chi connectivity index (χ1) is 16.1. The zero-order valence-electron chi connectivity index (χ0n) is 19.4. The number of anilines is 1. The number of carbonyl (C=O) groups excluding carboxylic acids is 1. The Hall–Kier alpha value is -2.84. The molecule has 0 spiro atoms. The van der Waals surface area contributed by atoms with E-state index in [4.69, 9.17) is 26.4 Å². The van der Waals surface area contributed by atoms with Crippen molar-refractivity contribution in [1.82, 2.24) is 9.80 Å². The molecule has 1 aliphatic heterocycles. The van der Waals surface area contributed by atoms with Gasteiger partial charge in [-0.2, -0.15) is 0 Å². The molecule has 3 rings (SSSR count). The van der Waals surface area contributed by atoms with Gasteiger partial charge in [-0.05, 0) is 74.8 Å². The third kappa shape index (κ3) is 7.61. The van der Waals surface area contributed by atoms with Crippen molar-refractivity contribution in [3.8, 4) is 11.5 Å². The Kier molecular flexibility index (Phi) is 9.77. The molecule has 0 bridgehead atoms. The SMILES string of the molecule is CCOC(=O)N1CCC(N(CCCOC)C(=S)Nc2ccc(Oc3ccccc3)cc2)CC1. The van der Waals surface area contributed by atoms with Gasteiger partial charge in [0.2, 0.25) is 0 Å². The topological polar surface area (TPSA) is 63.3 Å². The molecule has 2 aromatic carbocycles. The third-order valence-corrected chi connectivity index (χ3v) is 5.86. The Bertz CT molecular complexity index is 871. The average Bonchev–Trinajstić information content (AvgIpc) is 2.84. The van der Waals surface area contributed by atoms with Gasteiger partial charge in [-0.15, -0.1) is 0 Å². The van der Waals surface area contributed by atoms with Crippen molar-refractivity contribution in [2.45, 2.75) is 32.2 Å². The van der Waals surface area contributed by atoms with Crippen LogP contribution in [-0.4, -0.2) is 67.0 Å². The fraction of sp³-hybridized carbons (Fsp3) is 0.440. The Morgan fingerprint density at radius 3 is 2.39 bits per heavy atom. The second kappa shape index (κ2) is 13.0. The number of carbonyl (C=O) groups is 1. The second-order valence-corrected chi connectivity index (χ2v) is 8.21. The van der Waals surface area contributed by atoms with E-state index in [-0.39, 0.29) is 12.1 Å². The number of thiocarbonyl (C=S) groups is 1. The van der Waals surface area contributed by atoms with Crippen LogP contribution in [0.4, 0.5) is 10.5 Å². The Balaban J connectivity index is 1.59. The summed E-state index contributed by atoms with van der Waals surface area (Å²) in [4.78, 5) is 16.0. The minimum Gasteiger partial charge on any atom is -0.457 e. The maximum absolute atomic E-state index is 12.0. The summed E-state index contributed by atoms with van der Waals surface area (Å²) in [6.07, 6.45) is 2.33. The predicted octanol–water partition coefficient (Wildman–Crippen LogP) is 5.14. The van der Waals surface area contributed by atoms with Gasteiger partial charge in [0.1, 0.15) is 11.5 Å². The molecule has 1 saturated heterocycles. The fourth-order valence-corrected chi connectivity index (χ4v) is 4.19. The summed E-state index contributed by atoms with van der Waals surface area (Å²) < 4.78 is 16.2. The predicted molar refractivity (Wildman–Crippen MR) is 134 cm³/mol. The highest BCUT2D eigenvalue weighted by molar-refractivity contribution is 7.80. The van der Waals surface area contributed by atoms with Gasteiger partial charge in [0.05, 0.1) is 6.61 Å². The summed E-state index contributed by atoms with van der Waals surface area (Å²) >= 11 is 5.79. The van der Waals surface area contributed by atoms with Crippen LogP contribution in [0.3, 0.4) is 0 Å². The molecule has 0 atom stereocenters. The molecule has 1 fully saturated rings. The molecule has 0 unspecified atom stereocenters. The molecule has 1 amide bonds. The lowest BCUT2D eigenvalue weighted by Gasteiger charge is -2.39. The van der Waals surface area contributed by atoms with Gasteiger partial charge in [-0.25, -0.2) is 4.79 Å². The smallest absolute Gasteiger partial charge is 0.409 e. The van der Waals surface area contributed by atoms with Crippen LogP contribution >= 0.6 is 12.2 Å². The maximum atomic E-state index is 12.0. The molecular weight excluding hydrogens is 438 g/mol. The zero-order chi connectivity index (χ0) is 23.5. The molecule has 0 saturated carbocycles. The number of rotatable bonds is 9. The van der Waals surface area contributed by atoms with E-state index in [0.717, 1.165) is 43.0 Å². The number of nitrogens with zero attached hydrogens (tertiary/aromatic N) is 2. The molecule has 178 valence electrons. The molecule has 2 aromatic rings. The van der Waals surface area contributed by atoms with E-state index in [2.05, 4.69) is 10.2 Å². The van der Waals surface area contributed by atoms with Crippen molar-refractivity contribution >= 4 is 29.1 Å². The monoisotopic (exact) mass is 471 g/mol. The second-order valence-electron chi connectivity index (χ2n) is 7.83. The van der Waals surface area contributed by atoms with Crippen LogP contribution in [0.1, 0.15) is 26.2 Å². The molecule has 0 aromatic heterocycles. The van der Waals surface area contributed by atoms with E-state index < -0.39 is 0 Å². The lowest BCUT2D eigenvalue weighted by Crippen LogP contribution is -2.50. The van der Waals surface area contributed by atoms with Gasteiger partial charge >= 0.3 is 6.09 Å². The van der Waals surface area contributed by atoms with E-state index in [1.165, 1.54) is 0 Å². The number of ether oxygens (including phenoxy) is 3. The highest BCUT2D eigenvalue weighted by atomic mass is 32.1. The van der Waals surface area contributed by atoms with Crippen molar-refractivity contribution in [3.05, 3.63) is 54.6 Å². The van der Waals surface area contributed by atoms with Crippen LogP contribution < -0.4 is 10.1 Å². The summed E-state index contributed by atoms with van der Waals surface area (Å²) in [5.74, 6) is 1.56. The number of benzene rings is 2. The van der Waals surface area contributed by atoms with Gasteiger partial charge in [0.25, 0.3) is 0 Å². The quantitative estimate of drug-likeness (QED) is 0.402. The van der Waals surface area contributed by atoms with E-state index in [9.17, 15) is 4.79 Å². The third-order valence-electron chi connectivity index (χ3n) is 5.52. The number of amides is 1. The Morgan fingerprint density at radius 2 is 1.76 bits per heavy atom. The van der Waals surface area contributed by atoms with E-state index in [1.54, 1.807) is 12.0 Å². The van der Waals surface area contributed by atoms with E-state index >= 15 is 0 Å². The lowest BCUT2D eigenvalue weighted by molar-refractivity contribution is 0.0861. The molecule has 0 aliphatic carbocycles. The molecular formula is C25H33N3O4S. The Morgan fingerprint density at radius 1 is 1.09 bits per heavy atom. The van der Waals surface area contributed by atoms with Crippen molar-refractivity contribution < 1.29 is 19.0 Å². The van der Waals surface area contributed by atoms with Gasteiger partial charge in [-0.1, -0.05) is 18.2 Å². The number of hydrogen-bond acceptors (Lipinski definition) is 5. The van der Waals surface area contributed by atoms with Crippen molar-refractivity contribution in [2.24, 2.45) is 0 Å². The summed E-state index contributed by atoms with van der Waals surface area (Å²) in [5.41, 5.74) is 0.904. The number of piperidine rings is 1. The van der Waals surface area contributed by atoms with Crippen LogP contribution in [0, 0.1) is 0 Å². The van der Waals surface area contributed by atoms with Crippen LogP contribution in [0.2, 0.25) is 0 Å². The minimum atomic E-state index is -0.236. The fourth-order valence-electron chi connectivity index (χ4n) is 3.83. The highest BCUT2D eigenvalue weighted by Gasteiger charge is 2.28. The highest BCUT2D eigenvalue weighted by Crippen LogP contribution is 2.24. The zero-order valence-corrected chi connectivity index (χ0v) is 20.2. The van der Waals surface area contributed by atoms with Gasteiger partial charge < -0.3 is 29.3 Å². The van der Waals surface area contributed by atoms with Gasteiger partial charge in [0.15, 0.2) is 5.11 Å². The standard InChI is InChI=1S/C25H33N3O4S/c1-3-31-25(29)27-17-14-21(15-18-27)28(16-7-19-30-2)24(33)26-20-10-12-23(13-11-20)32-22-8-5-4-6-9-22/h4-6,8-13,21H,3,7,14-19H2,1-2H3,(H,26,33). The summed E-state index contributed by atoms with van der Waals surface area (Å²) in [7, 11) is 1.71. The molecule has 33 heavy (non-hydrogen) atoms. The molecule has 8 heteroatoms. The van der Waals surface area contributed by atoms with Crippen molar-refractivity contribution in [1.29, 1.82) is 0 Å². The molecule has 1 aliphatic rings. The number of hydrogen-bond donors (Lipinski definition) is 1. The lowest BCUT2D eigenvalue weighted by atomic mass is 10.0. The summed E-state index contributed by atoms with van der Waals surface area (Å²) in [6, 6.07) is 17.7. The maximum Gasteiger partial charge on any atom is 0.409 e. The van der Waals surface area contributed by atoms with Crippen LogP contribution in [-0.2, 0) is 9.47 Å².